The number of nitro groups is 1. The van der Waals surface area contributed by atoms with Crippen LogP contribution < -0.4 is 10.1 Å². The molecule has 1 aromatic carbocycles. The number of benzene rings is 1. The monoisotopic (exact) mass is 380 g/mol. The molecular weight excluding hydrogens is 352 g/mol. The van der Waals surface area contributed by atoms with Crippen LogP contribution in [0.4, 0.5) is 11.4 Å². The molecule has 0 saturated carbocycles. The van der Waals surface area contributed by atoms with Crippen molar-refractivity contribution in [3.8, 4) is 5.75 Å². The van der Waals surface area contributed by atoms with E-state index in [2.05, 4.69) is 39.2 Å². The van der Waals surface area contributed by atoms with Crippen molar-refractivity contribution in [2.24, 2.45) is 5.41 Å². The number of nitrogens with zero attached hydrogens (tertiary/aromatic N) is 1. The summed E-state index contributed by atoms with van der Waals surface area (Å²) in [5.74, 6) is 0.331. The lowest BCUT2D eigenvalue weighted by Crippen LogP contribution is -2.34. The maximum Gasteiger partial charge on any atom is 0.274 e. The molecule has 0 saturated heterocycles. The third kappa shape index (κ3) is 5.04. The normalized spacial score (nSPS) is 15.4. The Labute approximate surface area is 155 Å². The molecule has 7 nitrogen and oxygen atoms in total. The van der Waals surface area contributed by atoms with E-state index < -0.39 is 14.0 Å². The first-order chi connectivity index (χ1) is 12.1. The van der Waals surface area contributed by atoms with Crippen LogP contribution in [0.25, 0.3) is 0 Å². The summed E-state index contributed by atoms with van der Waals surface area (Å²) in [6.07, 6.45) is 1.39. The van der Waals surface area contributed by atoms with Crippen LogP contribution in [-0.4, -0.2) is 32.6 Å². The number of ether oxygens (including phenoxy) is 1. The number of hydrogen-bond acceptors (Lipinski definition) is 5. The van der Waals surface area contributed by atoms with Gasteiger partial charge in [0.2, 0.25) is 5.91 Å². The van der Waals surface area contributed by atoms with Crippen LogP contribution >= 0.6 is 0 Å². The smallest absolute Gasteiger partial charge is 0.274 e. The number of hydrogen-bond donors (Lipinski definition) is 1. The van der Waals surface area contributed by atoms with E-state index in [0.29, 0.717) is 36.4 Å². The van der Waals surface area contributed by atoms with Crippen LogP contribution in [0.1, 0.15) is 39.2 Å². The Morgan fingerprint density at radius 1 is 1.31 bits per heavy atom. The average molecular weight is 381 g/mol. The Kier molecular flexibility index (Phi) is 6.41. The van der Waals surface area contributed by atoms with Gasteiger partial charge in [-0.2, -0.15) is 0 Å². The molecule has 1 aromatic rings. The van der Waals surface area contributed by atoms with Gasteiger partial charge in [0.05, 0.1) is 28.9 Å². The molecule has 0 fully saturated rings. The third-order valence-electron chi connectivity index (χ3n) is 4.35. The van der Waals surface area contributed by atoms with Crippen molar-refractivity contribution in [3.63, 3.8) is 0 Å². The number of fused-ring (bicyclic) bond motifs is 1. The molecule has 144 valence electrons. The van der Waals surface area contributed by atoms with E-state index in [1.165, 1.54) is 6.07 Å². The lowest BCUT2D eigenvalue weighted by molar-refractivity contribution is -0.385. The highest BCUT2D eigenvalue weighted by Crippen LogP contribution is 2.38. The molecule has 0 radical (unpaired) electrons. The van der Waals surface area contributed by atoms with Crippen LogP contribution in [0, 0.1) is 15.5 Å². The first-order valence-corrected chi connectivity index (χ1v) is 11.8. The summed E-state index contributed by atoms with van der Waals surface area (Å²) in [5, 5.41) is 14.0. The molecule has 1 heterocycles. The fraction of sp³-hybridized carbons (Fsp3) is 0.611. The van der Waals surface area contributed by atoms with Crippen LogP contribution in [0.3, 0.4) is 0 Å². The van der Waals surface area contributed by atoms with E-state index in [9.17, 15) is 14.9 Å². The Morgan fingerprint density at radius 2 is 2.00 bits per heavy atom. The molecule has 1 aliphatic rings. The Morgan fingerprint density at radius 3 is 2.58 bits per heavy atom. The number of carbonyl (C=O) groups is 1. The average Bonchev–Trinajstić information content (AvgIpc) is 2.52. The predicted molar refractivity (Wildman–Crippen MR) is 103 cm³/mol. The van der Waals surface area contributed by atoms with Gasteiger partial charge in [0.25, 0.3) is 5.69 Å². The van der Waals surface area contributed by atoms with E-state index in [1.54, 1.807) is 6.07 Å². The van der Waals surface area contributed by atoms with Crippen molar-refractivity contribution in [2.75, 3.05) is 11.9 Å². The first kappa shape index (κ1) is 20.4. The summed E-state index contributed by atoms with van der Waals surface area (Å²) in [6, 6.07) is 3.01. The second-order valence-electron chi connectivity index (χ2n) is 7.92. The maximum atomic E-state index is 11.7. The number of rotatable bonds is 7. The molecule has 1 amide bonds. The topological polar surface area (TPSA) is 90.7 Å². The van der Waals surface area contributed by atoms with Gasteiger partial charge in [-0.05, 0) is 31.0 Å². The quantitative estimate of drug-likeness (QED) is 0.443. The molecule has 0 bridgehead atoms. The zero-order valence-corrected chi connectivity index (χ0v) is 17.3. The van der Waals surface area contributed by atoms with Gasteiger partial charge in [-0.3, -0.25) is 14.9 Å². The highest BCUT2D eigenvalue weighted by Gasteiger charge is 2.28. The number of anilines is 1. The van der Waals surface area contributed by atoms with Crippen molar-refractivity contribution >= 4 is 26.3 Å². The van der Waals surface area contributed by atoms with E-state index in [-0.39, 0.29) is 29.5 Å². The van der Waals surface area contributed by atoms with Crippen LogP contribution in [0.15, 0.2) is 12.1 Å². The molecule has 1 unspecified atom stereocenters. The maximum absolute atomic E-state index is 11.7. The van der Waals surface area contributed by atoms with E-state index >= 15 is 0 Å². The number of amides is 1. The molecule has 0 spiro atoms. The lowest BCUT2D eigenvalue weighted by atomic mass is 9.87. The van der Waals surface area contributed by atoms with Gasteiger partial charge in [-0.1, -0.05) is 20.8 Å². The van der Waals surface area contributed by atoms with Gasteiger partial charge >= 0.3 is 0 Å². The van der Waals surface area contributed by atoms with Crippen molar-refractivity contribution < 1.29 is 18.9 Å². The van der Waals surface area contributed by atoms with E-state index in [0.717, 1.165) is 0 Å². The molecule has 0 aromatic heterocycles. The van der Waals surface area contributed by atoms with Crippen LogP contribution in [-0.2, 0) is 15.6 Å². The van der Waals surface area contributed by atoms with Crippen molar-refractivity contribution in [1.82, 2.24) is 0 Å². The lowest BCUT2D eigenvalue weighted by Gasteiger charge is -2.32. The van der Waals surface area contributed by atoms with Gasteiger partial charge in [-0.15, -0.1) is 0 Å². The molecule has 2 rings (SSSR count). The minimum Gasteiger partial charge on any atom is -0.491 e. The van der Waals surface area contributed by atoms with Crippen molar-refractivity contribution in [3.05, 3.63) is 27.8 Å². The number of nitrogens with one attached hydrogen (secondary N) is 1. The summed E-state index contributed by atoms with van der Waals surface area (Å²) < 4.78 is 12.0. The second kappa shape index (κ2) is 8.18. The Balaban J connectivity index is 2.14. The summed E-state index contributed by atoms with van der Waals surface area (Å²) in [5.41, 5.74) is 0.991. The molecule has 1 aliphatic heterocycles. The summed E-state index contributed by atoms with van der Waals surface area (Å²) in [6.45, 7) is 11.1. The zero-order chi connectivity index (χ0) is 19.5. The van der Waals surface area contributed by atoms with Crippen molar-refractivity contribution in [2.45, 2.75) is 59.2 Å². The molecule has 0 aliphatic carbocycles. The Hall–Kier alpha value is -1.93. The largest absolute Gasteiger partial charge is 0.491 e. The van der Waals surface area contributed by atoms with Crippen LogP contribution in [0.5, 0.6) is 5.75 Å². The third-order valence-corrected chi connectivity index (χ3v) is 5.23. The number of carbonyl (C=O) groups excluding carboxylic acids is 1. The summed E-state index contributed by atoms with van der Waals surface area (Å²) in [4.78, 5) is 22.5. The Bertz CT molecular complexity index is 685. The van der Waals surface area contributed by atoms with Crippen LogP contribution in [0.2, 0.25) is 13.1 Å². The van der Waals surface area contributed by atoms with Gasteiger partial charge in [-0.25, -0.2) is 0 Å². The first-order valence-electron chi connectivity index (χ1n) is 8.98. The highest BCUT2D eigenvalue weighted by atomic mass is 28.3. The summed E-state index contributed by atoms with van der Waals surface area (Å²) in [7, 11) is -1.18. The molecule has 1 atom stereocenters. The minimum absolute atomic E-state index is 0.00372. The highest BCUT2D eigenvalue weighted by molar-refractivity contribution is 6.48. The molecule has 26 heavy (non-hydrogen) atoms. The summed E-state index contributed by atoms with van der Waals surface area (Å²) >= 11 is 0. The van der Waals surface area contributed by atoms with E-state index in [4.69, 9.17) is 9.16 Å². The van der Waals surface area contributed by atoms with Gasteiger partial charge in [0, 0.05) is 18.9 Å². The second-order valence-corrected chi connectivity index (χ2v) is 10.3. The SMILES string of the molecule is C[SiH](C)OC(CCOc1ccc([N+](=O)[O-])c2c1NC(=O)CC2)C(C)(C)C. The standard InChI is InChI=1S/C18H28N2O5Si/c1-18(2,3)15(25-26(4)5)10-11-24-14-8-7-13(20(22)23)12-6-9-16(21)19-17(12)14/h7-8,15,26H,6,9-11H2,1-5H3,(H,19,21). The molecular formula is C18H28N2O5Si. The van der Waals surface area contributed by atoms with Gasteiger partial charge in [0.15, 0.2) is 9.04 Å². The minimum atomic E-state index is -1.18. The fourth-order valence-corrected chi connectivity index (χ4v) is 4.25. The van der Waals surface area contributed by atoms with Gasteiger partial charge in [0.1, 0.15) is 5.75 Å². The van der Waals surface area contributed by atoms with E-state index in [1.807, 2.05) is 0 Å². The predicted octanol–water partition coefficient (Wildman–Crippen LogP) is 3.66. The zero-order valence-electron chi connectivity index (χ0n) is 16.1. The van der Waals surface area contributed by atoms with Gasteiger partial charge < -0.3 is 14.5 Å². The molecule has 8 heteroatoms. The fourth-order valence-electron chi connectivity index (χ4n) is 3.05. The number of nitro benzene ring substituents is 1. The molecule has 1 N–H and O–H groups in total. The van der Waals surface area contributed by atoms with Crippen molar-refractivity contribution in [1.29, 1.82) is 0 Å².